The lowest BCUT2D eigenvalue weighted by Crippen LogP contribution is -2.22. The third-order valence-electron chi connectivity index (χ3n) is 3.54. The van der Waals surface area contributed by atoms with Gasteiger partial charge in [0.25, 0.3) is 0 Å². The summed E-state index contributed by atoms with van der Waals surface area (Å²) in [5.41, 5.74) is 5.01. The van der Waals surface area contributed by atoms with Crippen LogP contribution in [0.15, 0.2) is 29.1 Å². The van der Waals surface area contributed by atoms with Crippen LogP contribution in [0.2, 0.25) is 0 Å². The monoisotopic (exact) mass is 353 g/mol. The summed E-state index contributed by atoms with van der Waals surface area (Å²) < 4.78 is 1.17. The zero-order valence-electron chi connectivity index (χ0n) is 13.0. The first-order chi connectivity index (χ1) is 11.7. The van der Waals surface area contributed by atoms with E-state index >= 15 is 0 Å². The summed E-state index contributed by atoms with van der Waals surface area (Å²) in [5.74, 6) is 0.706. The van der Waals surface area contributed by atoms with Crippen LogP contribution >= 0.6 is 22.7 Å². The summed E-state index contributed by atoms with van der Waals surface area (Å²) >= 11 is 3.28. The van der Waals surface area contributed by atoms with Crippen LogP contribution in [-0.4, -0.2) is 19.9 Å². The number of nitrogens with zero attached hydrogens (tertiary/aromatic N) is 3. The lowest BCUT2D eigenvalue weighted by atomic mass is 10.2. The van der Waals surface area contributed by atoms with E-state index in [0.717, 1.165) is 32.5 Å². The van der Waals surface area contributed by atoms with Crippen LogP contribution in [0.4, 0.5) is 5.95 Å². The largest absolute Gasteiger partial charge is 0.349 e. The molecule has 4 rings (SSSR count). The number of imidazole rings is 1. The van der Waals surface area contributed by atoms with Crippen molar-refractivity contribution in [2.24, 2.45) is 0 Å². The molecule has 0 unspecified atom stereocenters. The van der Waals surface area contributed by atoms with E-state index in [1.54, 1.807) is 22.7 Å². The molecule has 0 saturated heterocycles. The number of aromatic nitrogens is 4. The molecule has 0 fully saturated rings. The molecule has 24 heavy (non-hydrogen) atoms. The molecule has 3 aromatic heterocycles. The van der Waals surface area contributed by atoms with Crippen molar-refractivity contribution < 1.29 is 0 Å². The first kappa shape index (κ1) is 15.0. The smallest absolute Gasteiger partial charge is 0.201 e. The summed E-state index contributed by atoms with van der Waals surface area (Å²) in [7, 11) is 0. The summed E-state index contributed by atoms with van der Waals surface area (Å²) in [6.45, 7) is 6.68. The average Bonchev–Trinajstić information content (AvgIpc) is 3.26. The third-order valence-corrected chi connectivity index (χ3v) is 5.30. The second kappa shape index (κ2) is 6.18. The standard InChI is InChI=1S/C17H15N5S2/c1-10-8-23-16(20-10)7-18-17-21-11(2)14(22-17)5-12-3-4-13-15(6-12)24-9-19-13/h3-6,8-9H,2,7H2,1H3,(H2,18,21,22)/b14-5-. The van der Waals surface area contributed by atoms with Gasteiger partial charge in [0, 0.05) is 11.1 Å². The number of benzene rings is 1. The molecule has 0 atom stereocenters. The quantitative estimate of drug-likeness (QED) is 0.592. The number of aryl methyl sites for hydroxylation is 1. The molecule has 0 amide bonds. The topological polar surface area (TPSA) is 66.5 Å². The van der Waals surface area contributed by atoms with Crippen molar-refractivity contribution in [3.05, 3.63) is 56.1 Å². The average molecular weight is 353 g/mol. The Morgan fingerprint density at radius 3 is 3.04 bits per heavy atom. The summed E-state index contributed by atoms with van der Waals surface area (Å²) in [4.78, 5) is 16.5. The molecule has 0 aliphatic heterocycles. The lowest BCUT2D eigenvalue weighted by molar-refractivity contribution is 1.04. The zero-order valence-corrected chi connectivity index (χ0v) is 14.7. The highest BCUT2D eigenvalue weighted by molar-refractivity contribution is 7.16. The van der Waals surface area contributed by atoms with E-state index in [2.05, 4.69) is 37.9 Å². The van der Waals surface area contributed by atoms with E-state index in [4.69, 9.17) is 0 Å². The van der Waals surface area contributed by atoms with Gasteiger partial charge in [-0.1, -0.05) is 12.6 Å². The number of anilines is 1. The van der Waals surface area contributed by atoms with Crippen LogP contribution < -0.4 is 16.0 Å². The van der Waals surface area contributed by atoms with Crippen LogP contribution in [0.5, 0.6) is 0 Å². The maximum absolute atomic E-state index is 4.57. The molecule has 120 valence electrons. The molecule has 4 aromatic rings. The van der Waals surface area contributed by atoms with Gasteiger partial charge in [-0.15, -0.1) is 22.7 Å². The molecule has 7 heteroatoms. The predicted molar refractivity (Wildman–Crippen MR) is 101 cm³/mol. The SMILES string of the molecule is C=c1[nH]c(NCc2nc(C)cs2)n/c1=C\c1ccc2ncsc2c1. The molecular formula is C17H15N5S2. The zero-order chi connectivity index (χ0) is 16.5. The lowest BCUT2D eigenvalue weighted by Gasteiger charge is -1.97. The molecular weight excluding hydrogens is 338 g/mol. The molecule has 0 radical (unpaired) electrons. The number of rotatable bonds is 4. The van der Waals surface area contributed by atoms with Crippen molar-refractivity contribution in [1.29, 1.82) is 0 Å². The Kier molecular flexibility index (Phi) is 3.87. The highest BCUT2D eigenvalue weighted by atomic mass is 32.1. The van der Waals surface area contributed by atoms with Gasteiger partial charge in [-0.3, -0.25) is 0 Å². The van der Waals surface area contributed by atoms with Gasteiger partial charge in [-0.25, -0.2) is 15.0 Å². The highest BCUT2D eigenvalue weighted by Gasteiger charge is 2.02. The van der Waals surface area contributed by atoms with Crippen LogP contribution in [0.1, 0.15) is 16.3 Å². The Hall–Kier alpha value is -2.51. The van der Waals surface area contributed by atoms with Gasteiger partial charge in [-0.2, -0.15) is 0 Å². The minimum absolute atomic E-state index is 0.651. The van der Waals surface area contributed by atoms with Gasteiger partial charge in [-0.05, 0) is 30.7 Å². The summed E-state index contributed by atoms with van der Waals surface area (Å²) in [6, 6.07) is 6.19. The number of nitrogens with one attached hydrogen (secondary N) is 2. The molecule has 0 aliphatic carbocycles. The van der Waals surface area contributed by atoms with Crippen molar-refractivity contribution in [3.63, 3.8) is 0 Å². The predicted octanol–water partition coefficient (Wildman–Crippen LogP) is 2.64. The van der Waals surface area contributed by atoms with E-state index in [9.17, 15) is 0 Å². The van der Waals surface area contributed by atoms with Crippen molar-refractivity contribution in [1.82, 2.24) is 19.9 Å². The Labute approximate surface area is 146 Å². The molecule has 5 nitrogen and oxygen atoms in total. The number of aromatic amines is 1. The maximum atomic E-state index is 4.57. The molecule has 3 heterocycles. The van der Waals surface area contributed by atoms with Gasteiger partial charge in [0.05, 0.1) is 33.0 Å². The van der Waals surface area contributed by atoms with E-state index in [1.807, 2.05) is 36.0 Å². The maximum Gasteiger partial charge on any atom is 0.201 e. The van der Waals surface area contributed by atoms with Gasteiger partial charge in [0.15, 0.2) is 0 Å². The number of thiazole rings is 2. The van der Waals surface area contributed by atoms with E-state index in [-0.39, 0.29) is 0 Å². The van der Waals surface area contributed by atoms with E-state index < -0.39 is 0 Å². The van der Waals surface area contributed by atoms with E-state index in [1.165, 1.54) is 4.70 Å². The first-order valence-corrected chi connectivity index (χ1v) is 9.18. The second-order valence-electron chi connectivity index (χ2n) is 5.41. The number of hydrogen-bond acceptors (Lipinski definition) is 6. The Balaban J connectivity index is 1.59. The Morgan fingerprint density at radius 1 is 1.29 bits per heavy atom. The van der Waals surface area contributed by atoms with Gasteiger partial charge >= 0.3 is 0 Å². The Morgan fingerprint density at radius 2 is 2.21 bits per heavy atom. The normalized spacial score (nSPS) is 12.1. The van der Waals surface area contributed by atoms with Crippen LogP contribution in [0, 0.1) is 6.92 Å². The molecule has 0 saturated carbocycles. The van der Waals surface area contributed by atoms with Gasteiger partial charge in [0.1, 0.15) is 5.01 Å². The van der Waals surface area contributed by atoms with Gasteiger partial charge in [0.2, 0.25) is 5.95 Å². The van der Waals surface area contributed by atoms with E-state index in [0.29, 0.717) is 12.5 Å². The fourth-order valence-electron chi connectivity index (χ4n) is 2.39. The number of fused-ring (bicyclic) bond motifs is 1. The van der Waals surface area contributed by atoms with Gasteiger partial charge < -0.3 is 10.3 Å². The highest BCUT2D eigenvalue weighted by Crippen LogP contribution is 2.19. The second-order valence-corrected chi connectivity index (χ2v) is 7.24. The minimum atomic E-state index is 0.651. The fourth-order valence-corrected chi connectivity index (χ4v) is 3.83. The van der Waals surface area contributed by atoms with Crippen molar-refractivity contribution in [2.75, 3.05) is 5.32 Å². The fraction of sp³-hybridized carbons (Fsp3) is 0.118. The van der Waals surface area contributed by atoms with Crippen LogP contribution in [-0.2, 0) is 6.54 Å². The van der Waals surface area contributed by atoms with Crippen LogP contribution in [0.25, 0.3) is 22.9 Å². The number of H-pyrrole nitrogens is 1. The van der Waals surface area contributed by atoms with Crippen molar-refractivity contribution >= 4 is 51.5 Å². The third kappa shape index (κ3) is 3.08. The van der Waals surface area contributed by atoms with Crippen LogP contribution in [0.3, 0.4) is 0 Å². The minimum Gasteiger partial charge on any atom is -0.349 e. The number of hydrogen-bond donors (Lipinski definition) is 2. The van der Waals surface area contributed by atoms with Crippen molar-refractivity contribution in [2.45, 2.75) is 13.5 Å². The van der Waals surface area contributed by atoms with Crippen molar-refractivity contribution in [3.8, 4) is 0 Å². The molecule has 0 spiro atoms. The molecule has 0 bridgehead atoms. The summed E-state index contributed by atoms with van der Waals surface area (Å²) in [5, 5.41) is 7.96. The molecule has 0 aliphatic rings. The molecule has 2 N–H and O–H groups in total. The Bertz CT molecular complexity index is 1110. The first-order valence-electron chi connectivity index (χ1n) is 7.42. The molecule has 1 aromatic carbocycles. The summed E-state index contributed by atoms with van der Waals surface area (Å²) in [6.07, 6.45) is 2.02.